The van der Waals surface area contributed by atoms with Crippen LogP contribution in [0.5, 0.6) is 0 Å². The summed E-state index contributed by atoms with van der Waals surface area (Å²) in [5, 5.41) is 0. The van der Waals surface area contributed by atoms with Crippen LogP contribution in [-0.4, -0.2) is 50.8 Å². The van der Waals surface area contributed by atoms with Crippen LogP contribution in [0.4, 0.5) is 0 Å². The van der Waals surface area contributed by atoms with Crippen LogP contribution in [0.25, 0.3) is 0 Å². The van der Waals surface area contributed by atoms with Crippen molar-refractivity contribution in [3.63, 3.8) is 0 Å². The molecule has 0 radical (unpaired) electrons. The summed E-state index contributed by atoms with van der Waals surface area (Å²) in [5.74, 6) is 0. The molecule has 0 aromatic heterocycles. The van der Waals surface area contributed by atoms with Crippen molar-refractivity contribution in [1.82, 2.24) is 0 Å². The Morgan fingerprint density at radius 3 is 0.875 bits per heavy atom. The van der Waals surface area contributed by atoms with Crippen molar-refractivity contribution in [2.45, 2.75) is 50.1 Å². The van der Waals surface area contributed by atoms with Crippen LogP contribution in [0, 0.1) is 0 Å². The van der Waals surface area contributed by atoms with E-state index in [1.807, 2.05) is 24.3 Å². The summed E-state index contributed by atoms with van der Waals surface area (Å²) < 4.78 is 23.9. The summed E-state index contributed by atoms with van der Waals surface area (Å²) >= 11 is 0. The third kappa shape index (κ3) is 5.42. The highest BCUT2D eigenvalue weighted by molar-refractivity contribution is 4.99. The molecule has 24 heavy (non-hydrogen) atoms. The van der Waals surface area contributed by atoms with E-state index >= 15 is 0 Å². The lowest BCUT2D eigenvalue weighted by Crippen LogP contribution is -2.34. The van der Waals surface area contributed by atoms with Gasteiger partial charge >= 0.3 is 0 Å². The Kier molecular flexibility index (Phi) is 7.30. The molecule has 0 aromatic rings. The van der Waals surface area contributed by atoms with Crippen molar-refractivity contribution in [1.29, 1.82) is 0 Å². The molecule has 132 valence electrons. The maximum absolute atomic E-state index is 5.97. The molecule has 0 aromatic carbocycles. The zero-order valence-electron chi connectivity index (χ0n) is 14.2. The van der Waals surface area contributed by atoms with Gasteiger partial charge < -0.3 is 18.9 Å². The van der Waals surface area contributed by atoms with Crippen LogP contribution in [0.1, 0.15) is 25.7 Å². The van der Waals surface area contributed by atoms with E-state index in [4.69, 9.17) is 18.9 Å². The van der Waals surface area contributed by atoms with Crippen molar-refractivity contribution in [2.24, 2.45) is 0 Å². The second-order valence-corrected chi connectivity index (χ2v) is 6.32. The summed E-state index contributed by atoms with van der Waals surface area (Å²) in [6, 6.07) is 0. The Labute approximate surface area is 144 Å². The van der Waals surface area contributed by atoms with Gasteiger partial charge in [0.15, 0.2) is 0 Å². The first-order valence-electron chi connectivity index (χ1n) is 9.00. The Morgan fingerprint density at radius 2 is 0.625 bits per heavy atom. The van der Waals surface area contributed by atoms with Crippen LogP contribution >= 0.6 is 0 Å². The van der Waals surface area contributed by atoms with E-state index in [-0.39, 0.29) is 24.4 Å². The van der Waals surface area contributed by atoms with Gasteiger partial charge in [-0.25, -0.2) is 0 Å². The van der Waals surface area contributed by atoms with Crippen LogP contribution in [0.3, 0.4) is 0 Å². The normalized spacial score (nSPS) is 38.0. The van der Waals surface area contributed by atoms with Crippen LogP contribution in [0.2, 0.25) is 0 Å². The van der Waals surface area contributed by atoms with Crippen LogP contribution < -0.4 is 0 Å². The van der Waals surface area contributed by atoms with Crippen molar-refractivity contribution in [3.05, 3.63) is 48.6 Å². The van der Waals surface area contributed by atoms with E-state index in [0.717, 1.165) is 25.7 Å². The van der Waals surface area contributed by atoms with Crippen molar-refractivity contribution in [3.8, 4) is 0 Å². The Hall–Kier alpha value is -1.20. The predicted molar refractivity (Wildman–Crippen MR) is 94.0 cm³/mol. The molecule has 4 atom stereocenters. The van der Waals surface area contributed by atoms with Gasteiger partial charge in [-0.05, 0) is 25.7 Å². The first kappa shape index (κ1) is 17.6. The largest absolute Gasteiger partial charge is 0.371 e. The molecule has 0 spiro atoms. The quantitative estimate of drug-likeness (QED) is 0.638. The number of hydrogen-bond acceptors (Lipinski definition) is 4. The molecule has 0 fully saturated rings. The maximum atomic E-state index is 5.97. The maximum Gasteiger partial charge on any atom is 0.0878 e. The fourth-order valence-electron chi connectivity index (χ4n) is 3.22. The molecule has 3 rings (SSSR count). The van der Waals surface area contributed by atoms with Crippen molar-refractivity contribution < 1.29 is 18.9 Å². The molecular weight excluding hydrogens is 304 g/mol. The molecule has 0 unspecified atom stereocenters. The summed E-state index contributed by atoms with van der Waals surface area (Å²) in [5.41, 5.74) is 0. The molecular formula is C20H28O4. The summed E-state index contributed by atoms with van der Waals surface area (Å²) in [6.45, 7) is 2.40. The van der Waals surface area contributed by atoms with E-state index in [1.54, 1.807) is 0 Å². The summed E-state index contributed by atoms with van der Waals surface area (Å²) in [7, 11) is 0. The van der Waals surface area contributed by atoms with Gasteiger partial charge in [-0.2, -0.15) is 0 Å². The smallest absolute Gasteiger partial charge is 0.0878 e. The van der Waals surface area contributed by atoms with Gasteiger partial charge in [-0.3, -0.25) is 0 Å². The van der Waals surface area contributed by atoms with Gasteiger partial charge in [0.1, 0.15) is 0 Å². The SMILES string of the molecule is C1=CC[C@H]2OC/C=C\CO[C@@H]3CC=CC[C@H]3OC/C=C\CO[C@@H]2C1. The standard InChI is InChI=1S/C20H28O4/c1-2-10-18-17(9-1)21-13-5-6-15-23-19-11-3-4-12-20(19)24-16-8-7-14-22-18/h1-8,17-20H,9-16H2/b6-5-,8-7-/t17-,18-,19-,20-/m1/s1. The topological polar surface area (TPSA) is 36.9 Å². The summed E-state index contributed by atoms with van der Waals surface area (Å²) in [4.78, 5) is 0. The molecule has 0 bridgehead atoms. The third-order valence-electron chi connectivity index (χ3n) is 4.60. The third-order valence-corrected chi connectivity index (χ3v) is 4.60. The number of fused-ring (bicyclic) bond motifs is 2. The van der Waals surface area contributed by atoms with Crippen LogP contribution in [-0.2, 0) is 18.9 Å². The minimum Gasteiger partial charge on any atom is -0.371 e. The lowest BCUT2D eigenvalue weighted by Gasteiger charge is -2.29. The van der Waals surface area contributed by atoms with E-state index in [1.165, 1.54) is 0 Å². The second-order valence-electron chi connectivity index (χ2n) is 6.32. The van der Waals surface area contributed by atoms with Crippen molar-refractivity contribution in [2.75, 3.05) is 26.4 Å². The lowest BCUT2D eigenvalue weighted by molar-refractivity contribution is -0.0631. The van der Waals surface area contributed by atoms with Gasteiger partial charge in [-0.15, -0.1) is 0 Å². The fraction of sp³-hybridized carbons (Fsp3) is 0.600. The van der Waals surface area contributed by atoms with E-state index in [0.29, 0.717) is 26.4 Å². The van der Waals surface area contributed by atoms with Crippen LogP contribution in [0.15, 0.2) is 48.6 Å². The average molecular weight is 332 g/mol. The van der Waals surface area contributed by atoms with Gasteiger partial charge in [0.2, 0.25) is 0 Å². The van der Waals surface area contributed by atoms with Crippen molar-refractivity contribution >= 4 is 0 Å². The lowest BCUT2D eigenvalue weighted by atomic mass is 10.0. The first-order chi connectivity index (χ1) is 11.9. The Bertz CT molecular complexity index is 396. The van der Waals surface area contributed by atoms with Gasteiger partial charge in [0, 0.05) is 0 Å². The Morgan fingerprint density at radius 1 is 0.375 bits per heavy atom. The monoisotopic (exact) mass is 332 g/mol. The van der Waals surface area contributed by atoms with E-state index in [2.05, 4.69) is 24.3 Å². The highest BCUT2D eigenvalue weighted by Crippen LogP contribution is 2.20. The number of hydrogen-bond donors (Lipinski definition) is 0. The molecule has 0 N–H and O–H groups in total. The Balaban J connectivity index is 1.57. The zero-order valence-corrected chi connectivity index (χ0v) is 14.2. The molecule has 1 heterocycles. The molecule has 2 aliphatic carbocycles. The highest BCUT2D eigenvalue weighted by Gasteiger charge is 2.24. The minimum atomic E-state index is 0.131. The molecule has 4 heteroatoms. The zero-order chi connectivity index (χ0) is 16.5. The average Bonchev–Trinajstić information content (AvgIpc) is 2.62. The molecule has 0 saturated heterocycles. The fourth-order valence-corrected chi connectivity index (χ4v) is 3.22. The second kappa shape index (κ2) is 9.94. The number of rotatable bonds is 0. The van der Waals surface area contributed by atoms with Gasteiger partial charge in [-0.1, -0.05) is 48.6 Å². The molecule has 4 nitrogen and oxygen atoms in total. The number of ether oxygens (including phenoxy) is 4. The molecule has 3 aliphatic rings. The molecule has 1 aliphatic heterocycles. The first-order valence-corrected chi connectivity index (χ1v) is 9.00. The minimum absolute atomic E-state index is 0.131. The van der Waals surface area contributed by atoms with E-state index in [9.17, 15) is 0 Å². The predicted octanol–water partition coefficient (Wildman–Crippen LogP) is 3.35. The van der Waals surface area contributed by atoms with Gasteiger partial charge in [0.05, 0.1) is 50.8 Å². The highest BCUT2D eigenvalue weighted by atomic mass is 16.5. The molecule has 0 amide bonds. The summed E-state index contributed by atoms with van der Waals surface area (Å²) in [6.07, 6.45) is 21.0. The van der Waals surface area contributed by atoms with Gasteiger partial charge in [0.25, 0.3) is 0 Å². The molecule has 0 saturated carbocycles. The van der Waals surface area contributed by atoms with E-state index < -0.39 is 0 Å².